The van der Waals surface area contributed by atoms with Crippen molar-refractivity contribution in [3.8, 4) is 11.8 Å². The highest BCUT2D eigenvalue weighted by Crippen LogP contribution is 2.31. The van der Waals surface area contributed by atoms with Crippen LogP contribution in [0.25, 0.3) is 0 Å². The molecule has 0 spiro atoms. The van der Waals surface area contributed by atoms with Crippen molar-refractivity contribution in [2.75, 3.05) is 30.9 Å². The number of aliphatic carboxylic acids is 1. The average Bonchev–Trinajstić information content (AvgIpc) is 1.31. The number of primary amides is 1. The number of ether oxygens (including phenoxy) is 1. The second kappa shape index (κ2) is 31.0. The first-order valence-corrected chi connectivity index (χ1v) is 29.2. The molecular formula is C67H86N8O11. The number of likely N-dealkylation sites (N-methyl/N-ethyl adjacent to an activating group) is 2. The number of nitrogens with zero attached hydrogens (tertiary/aromatic N) is 2. The topological polar surface area (TPSA) is 276 Å². The Morgan fingerprint density at radius 2 is 1.38 bits per heavy atom. The Hall–Kier alpha value is -8.63. The molecule has 0 radical (unpaired) electrons. The molecule has 4 aromatic carbocycles. The van der Waals surface area contributed by atoms with E-state index >= 15 is 0 Å². The number of carbonyl (C=O) groups excluding carboxylic acids is 8. The van der Waals surface area contributed by atoms with Crippen molar-refractivity contribution in [1.82, 2.24) is 26.2 Å². The maximum atomic E-state index is 14.1. The second-order valence-electron chi connectivity index (χ2n) is 24.3. The molecular weight excluding hydrogens is 1090 g/mol. The predicted octanol–water partition coefficient (Wildman–Crippen LogP) is 8.35. The first-order chi connectivity index (χ1) is 40.5. The molecule has 0 aromatic heterocycles. The fourth-order valence-corrected chi connectivity index (χ4v) is 10.3. The van der Waals surface area contributed by atoms with E-state index < -0.39 is 70.8 Å². The molecule has 0 aliphatic carbocycles. The number of amides is 7. The number of carbonyl (C=O) groups is 9. The molecule has 0 fully saturated rings. The van der Waals surface area contributed by atoms with E-state index in [4.69, 9.17) is 10.5 Å². The van der Waals surface area contributed by atoms with Crippen LogP contribution in [0.2, 0.25) is 0 Å². The van der Waals surface area contributed by atoms with Gasteiger partial charge in [0.05, 0.1) is 30.4 Å². The largest absolute Gasteiger partial charge is 0.478 e. The number of hydrogen-bond donors (Lipinski definition) is 7. The zero-order valence-corrected chi connectivity index (χ0v) is 51.7. The van der Waals surface area contributed by atoms with E-state index in [-0.39, 0.29) is 92.6 Å². The average molecular weight is 1180 g/mol. The number of carboxylic acid groups (broad SMARTS) is 1. The Labute approximate surface area is 506 Å². The quantitative estimate of drug-likeness (QED) is 0.0161. The first-order valence-electron chi connectivity index (χ1n) is 29.2. The number of carboxylic acids is 1. The van der Waals surface area contributed by atoms with Crippen LogP contribution in [0.15, 0.2) is 109 Å². The van der Waals surface area contributed by atoms with Crippen molar-refractivity contribution in [1.29, 1.82) is 0 Å². The van der Waals surface area contributed by atoms with E-state index in [1.807, 2.05) is 111 Å². The number of para-hydroxylation sites is 1. The summed E-state index contributed by atoms with van der Waals surface area (Å²) < 4.78 is 5.53. The van der Waals surface area contributed by atoms with Crippen LogP contribution in [-0.2, 0) is 63.3 Å². The van der Waals surface area contributed by atoms with Gasteiger partial charge in [-0.3, -0.25) is 34.1 Å². The van der Waals surface area contributed by atoms with Crippen LogP contribution in [0.5, 0.6) is 0 Å². The van der Waals surface area contributed by atoms with Crippen molar-refractivity contribution in [3.63, 3.8) is 0 Å². The molecule has 0 saturated heterocycles. The van der Waals surface area contributed by atoms with Crippen molar-refractivity contribution >= 4 is 64.7 Å². The van der Waals surface area contributed by atoms with Gasteiger partial charge in [-0.15, -0.1) is 0 Å². The van der Waals surface area contributed by atoms with Gasteiger partial charge < -0.3 is 46.6 Å². The summed E-state index contributed by atoms with van der Waals surface area (Å²) in [6.07, 6.45) is 0.954. The molecule has 0 saturated carbocycles. The smallest absolute Gasteiger partial charge is 0.411 e. The van der Waals surface area contributed by atoms with E-state index in [1.54, 1.807) is 73.6 Å². The fraction of sp³-hybridized carbons (Fsp3) is 0.448. The van der Waals surface area contributed by atoms with E-state index in [1.165, 1.54) is 11.8 Å². The molecule has 19 heteroatoms. The number of urea groups is 1. The molecule has 1 heterocycles. The molecule has 1 unspecified atom stereocenters. The minimum absolute atomic E-state index is 0.0612. The van der Waals surface area contributed by atoms with Gasteiger partial charge in [-0.1, -0.05) is 147 Å². The Morgan fingerprint density at radius 1 is 0.767 bits per heavy atom. The molecule has 19 nitrogen and oxygen atoms in total. The number of Topliss-reactive ketones (excluding diaryl/α,β-unsaturated/α-hetero) is 2. The van der Waals surface area contributed by atoms with Crippen LogP contribution in [0.3, 0.4) is 0 Å². The van der Waals surface area contributed by atoms with Crippen LogP contribution in [0.4, 0.5) is 21.0 Å². The monoisotopic (exact) mass is 1180 g/mol. The van der Waals surface area contributed by atoms with E-state index in [2.05, 4.69) is 38.4 Å². The predicted molar refractivity (Wildman–Crippen MR) is 331 cm³/mol. The number of anilines is 2. The maximum absolute atomic E-state index is 14.1. The van der Waals surface area contributed by atoms with Gasteiger partial charge in [-0.2, -0.15) is 0 Å². The SMILES string of the molecule is CNC(C(=O)N[C@H](C(=O)N(C)[C@H](/C=C(\C)C(=O)O)C(C)C)C(C)(C)C)C(C)(C)c1ccc(NC(=O)OCc2ccc(CC(=O)[C@H](CCCNC(N)=O)NC(=O)[C@@H](CC(=O)CCC(=O)N3Cc4ccccc4C#Cc4ccccc43)C(C)C)cc2)cc1. The standard InChI is InChI=1S/C67H86N8O11/c1-41(2)52(38-51(76)33-34-57(78)75-39-48-20-14-13-18-46(48)27-28-47-19-15-16-22-54(47)75)60(79)72-53(21-17-35-70-64(68)84)56(77)37-44-23-25-45(26-24-44)40-86-65(85)71-50-31-29-49(30-32-50)67(9,10)58(69-11)61(80)73-59(66(6,7)8)62(81)74(12)55(42(3)4)36-43(5)63(82)83/h13-16,18-20,22-26,29-32,36,41-42,52-53,55,58-59,69H,17,21,33-35,37-40H2,1-12H3,(H,71,85)(H,72,79)(H,73,80)(H,82,83)(H3,68,70,84)/b43-36+/t52-,53-,55+,58?,59+/m0/s1. The van der Waals surface area contributed by atoms with Crippen LogP contribution in [0, 0.1) is 35.0 Å². The van der Waals surface area contributed by atoms with Gasteiger partial charge in [0.15, 0.2) is 5.78 Å². The summed E-state index contributed by atoms with van der Waals surface area (Å²) in [5, 5.41) is 23.8. The number of hydrogen-bond acceptors (Lipinski definition) is 11. The zero-order chi connectivity index (χ0) is 63.6. The van der Waals surface area contributed by atoms with Gasteiger partial charge in [0.1, 0.15) is 18.4 Å². The molecule has 5 rings (SSSR count). The van der Waals surface area contributed by atoms with Crippen LogP contribution >= 0.6 is 0 Å². The number of nitrogens with two attached hydrogens (primary N) is 1. The lowest BCUT2D eigenvalue weighted by molar-refractivity contribution is -0.141. The highest BCUT2D eigenvalue weighted by Gasteiger charge is 2.42. The summed E-state index contributed by atoms with van der Waals surface area (Å²) >= 11 is 0. The summed E-state index contributed by atoms with van der Waals surface area (Å²) in [6.45, 7) is 18.6. The second-order valence-corrected chi connectivity index (χ2v) is 24.3. The lowest BCUT2D eigenvalue weighted by Crippen LogP contribution is -2.61. The van der Waals surface area contributed by atoms with Crippen LogP contribution < -0.4 is 37.2 Å². The van der Waals surface area contributed by atoms with Crippen LogP contribution in [0.1, 0.15) is 135 Å². The minimum Gasteiger partial charge on any atom is -0.478 e. The molecule has 8 N–H and O–H groups in total. The normalized spacial score (nSPS) is 14.0. The van der Waals surface area contributed by atoms with Crippen LogP contribution in [-0.4, -0.2) is 108 Å². The number of rotatable bonds is 28. The third-order valence-electron chi connectivity index (χ3n) is 15.6. The summed E-state index contributed by atoms with van der Waals surface area (Å²) in [5.74, 6) is 2.02. The summed E-state index contributed by atoms with van der Waals surface area (Å²) in [4.78, 5) is 123. The van der Waals surface area contributed by atoms with E-state index in [0.29, 0.717) is 34.5 Å². The molecule has 5 atom stereocenters. The van der Waals surface area contributed by atoms with Gasteiger partial charge in [0.25, 0.3) is 0 Å². The maximum Gasteiger partial charge on any atom is 0.411 e. The van der Waals surface area contributed by atoms with Crippen molar-refractivity contribution in [2.24, 2.45) is 28.9 Å². The Morgan fingerprint density at radius 3 is 1.99 bits per heavy atom. The molecule has 1 aliphatic heterocycles. The van der Waals surface area contributed by atoms with Gasteiger partial charge in [0, 0.05) is 73.0 Å². The van der Waals surface area contributed by atoms with Gasteiger partial charge >= 0.3 is 18.1 Å². The van der Waals surface area contributed by atoms with Crippen molar-refractivity contribution in [3.05, 3.63) is 142 Å². The minimum atomic E-state index is -1.08. The van der Waals surface area contributed by atoms with Crippen molar-refractivity contribution in [2.45, 2.75) is 150 Å². The Kier molecular flexibility index (Phi) is 24.5. The molecule has 1 aliphatic rings. The molecule has 460 valence electrons. The van der Waals surface area contributed by atoms with E-state index in [0.717, 1.165) is 16.7 Å². The highest BCUT2D eigenvalue weighted by atomic mass is 16.5. The Bertz CT molecular complexity index is 3190. The fourth-order valence-electron chi connectivity index (χ4n) is 10.3. The number of ketones is 2. The first kappa shape index (κ1) is 68.2. The summed E-state index contributed by atoms with van der Waals surface area (Å²) in [6, 6.07) is 24.8. The number of nitrogens with one attached hydrogen (secondary N) is 5. The van der Waals surface area contributed by atoms with Gasteiger partial charge in [-0.05, 0) is 96.6 Å². The summed E-state index contributed by atoms with van der Waals surface area (Å²) in [5.41, 5.74) is 9.35. The lowest BCUT2D eigenvalue weighted by atomic mass is 9.76. The molecule has 0 bridgehead atoms. The molecule has 7 amide bonds. The summed E-state index contributed by atoms with van der Waals surface area (Å²) in [7, 11) is 3.27. The number of benzene rings is 4. The van der Waals surface area contributed by atoms with Crippen molar-refractivity contribution < 1.29 is 53.0 Å². The molecule has 4 aromatic rings. The zero-order valence-electron chi connectivity index (χ0n) is 51.7. The van der Waals surface area contributed by atoms with Gasteiger partial charge in [0.2, 0.25) is 23.6 Å². The Balaban J connectivity index is 1.16. The number of fused-ring (bicyclic) bond motifs is 2. The lowest BCUT2D eigenvalue weighted by Gasteiger charge is -2.40. The highest BCUT2D eigenvalue weighted by molar-refractivity contribution is 5.98. The van der Waals surface area contributed by atoms with Gasteiger partial charge in [-0.25, -0.2) is 14.4 Å². The third-order valence-corrected chi connectivity index (χ3v) is 15.6. The van der Waals surface area contributed by atoms with E-state index in [9.17, 15) is 48.3 Å². The molecule has 86 heavy (non-hydrogen) atoms. The third kappa shape index (κ3) is 19.2.